The normalized spacial score (nSPS) is 34.2. The average molecular weight is 311 g/mol. The maximum absolute atomic E-state index is 11.7. The maximum atomic E-state index is 11.7. The Bertz CT molecular complexity index is 531. The number of ether oxygens (including phenoxy) is 4. The van der Waals surface area contributed by atoms with Crippen molar-refractivity contribution in [3.05, 3.63) is 12.2 Å². The van der Waals surface area contributed by atoms with Crippen LogP contribution in [0.25, 0.3) is 0 Å². The molecule has 5 atom stereocenters. The topological polar surface area (TPSA) is 100 Å². The van der Waals surface area contributed by atoms with Crippen molar-refractivity contribution >= 4 is 18.0 Å². The van der Waals surface area contributed by atoms with E-state index >= 15 is 0 Å². The van der Waals surface area contributed by atoms with Crippen LogP contribution < -0.4 is 5.32 Å². The Morgan fingerprint density at radius 1 is 1.41 bits per heavy atom. The first-order valence-corrected chi connectivity index (χ1v) is 7.10. The molecule has 0 aromatic heterocycles. The van der Waals surface area contributed by atoms with Crippen LogP contribution in [0.4, 0.5) is 4.79 Å². The lowest BCUT2D eigenvalue weighted by Crippen LogP contribution is -2.42. The van der Waals surface area contributed by atoms with Crippen molar-refractivity contribution in [1.29, 1.82) is 0 Å². The third kappa shape index (κ3) is 2.54. The molecule has 0 aliphatic carbocycles. The summed E-state index contributed by atoms with van der Waals surface area (Å²) in [4.78, 5) is 34.4. The molecular formula is C14H17NO7. The molecule has 8 heteroatoms. The minimum Gasteiger partial charge on any atom is -0.460 e. The quantitative estimate of drug-likeness (QED) is 0.328. The van der Waals surface area contributed by atoms with Crippen LogP contribution in [-0.4, -0.2) is 55.6 Å². The summed E-state index contributed by atoms with van der Waals surface area (Å²) in [6.07, 6.45) is -1.82. The fourth-order valence-corrected chi connectivity index (χ4v) is 2.97. The van der Waals surface area contributed by atoms with Crippen molar-refractivity contribution in [1.82, 2.24) is 5.32 Å². The van der Waals surface area contributed by atoms with E-state index in [1.165, 1.54) is 6.92 Å². The Hall–Kier alpha value is -2.09. The third-order valence-corrected chi connectivity index (χ3v) is 3.98. The molecule has 1 N–H and O–H groups in total. The lowest BCUT2D eigenvalue weighted by atomic mass is 9.88. The zero-order chi connectivity index (χ0) is 15.9. The molecule has 3 aliphatic heterocycles. The second kappa shape index (κ2) is 5.60. The van der Waals surface area contributed by atoms with E-state index in [0.29, 0.717) is 12.0 Å². The molecule has 3 heterocycles. The molecule has 3 saturated heterocycles. The van der Waals surface area contributed by atoms with Crippen LogP contribution in [-0.2, 0) is 28.5 Å². The summed E-state index contributed by atoms with van der Waals surface area (Å²) in [7, 11) is 0. The molecule has 0 radical (unpaired) electrons. The summed E-state index contributed by atoms with van der Waals surface area (Å²) in [6, 6.07) is 0. The zero-order valence-corrected chi connectivity index (χ0v) is 12.1. The summed E-state index contributed by atoms with van der Waals surface area (Å²) in [5, 5.41) is 2.47. The molecule has 22 heavy (non-hydrogen) atoms. The van der Waals surface area contributed by atoms with Crippen LogP contribution in [0.15, 0.2) is 12.2 Å². The first kappa shape index (κ1) is 14.8. The van der Waals surface area contributed by atoms with Gasteiger partial charge in [-0.3, -0.25) is 4.79 Å². The summed E-state index contributed by atoms with van der Waals surface area (Å²) in [5.74, 6) is -1.02. The van der Waals surface area contributed by atoms with E-state index in [1.807, 2.05) is 0 Å². The van der Waals surface area contributed by atoms with Gasteiger partial charge in [0, 0.05) is 5.57 Å². The minimum absolute atomic E-state index is 0.0223. The SMILES string of the molecule is C=C(C)C(=O)OCCNC(=O)OC1C2CC3C(=O)OC1C3O2. The highest BCUT2D eigenvalue weighted by Crippen LogP contribution is 2.47. The van der Waals surface area contributed by atoms with Gasteiger partial charge in [-0.2, -0.15) is 0 Å². The number of nitrogens with one attached hydrogen (secondary N) is 1. The van der Waals surface area contributed by atoms with E-state index < -0.39 is 24.3 Å². The molecule has 120 valence electrons. The van der Waals surface area contributed by atoms with Crippen molar-refractivity contribution in [2.75, 3.05) is 13.2 Å². The number of carbonyl (C=O) groups excluding carboxylic acids is 3. The van der Waals surface area contributed by atoms with Crippen LogP contribution in [0, 0.1) is 5.92 Å². The van der Waals surface area contributed by atoms with Gasteiger partial charge < -0.3 is 24.3 Å². The predicted octanol–water partition coefficient (Wildman–Crippen LogP) is -0.0868. The number of hydrogen-bond acceptors (Lipinski definition) is 7. The van der Waals surface area contributed by atoms with Gasteiger partial charge in [-0.15, -0.1) is 0 Å². The van der Waals surface area contributed by atoms with E-state index in [9.17, 15) is 14.4 Å². The van der Waals surface area contributed by atoms with E-state index in [1.54, 1.807) is 0 Å². The van der Waals surface area contributed by atoms with Gasteiger partial charge in [-0.05, 0) is 13.3 Å². The van der Waals surface area contributed by atoms with Gasteiger partial charge in [-0.1, -0.05) is 6.58 Å². The predicted molar refractivity (Wildman–Crippen MR) is 70.7 cm³/mol. The first-order chi connectivity index (χ1) is 10.5. The molecule has 3 fully saturated rings. The van der Waals surface area contributed by atoms with Crippen LogP contribution in [0.2, 0.25) is 0 Å². The van der Waals surface area contributed by atoms with Crippen LogP contribution in [0.3, 0.4) is 0 Å². The third-order valence-electron chi connectivity index (χ3n) is 3.98. The molecule has 0 aromatic carbocycles. The molecule has 1 amide bonds. The minimum atomic E-state index is -0.660. The van der Waals surface area contributed by atoms with Crippen molar-refractivity contribution in [2.24, 2.45) is 5.92 Å². The number of alkyl carbamates (subject to hydrolysis) is 1. The number of amides is 1. The largest absolute Gasteiger partial charge is 0.460 e. The maximum Gasteiger partial charge on any atom is 0.407 e. The van der Waals surface area contributed by atoms with Gasteiger partial charge in [0.05, 0.1) is 18.6 Å². The molecule has 3 rings (SSSR count). The highest BCUT2D eigenvalue weighted by atomic mass is 16.7. The molecule has 0 spiro atoms. The summed E-state index contributed by atoms with van der Waals surface area (Å²) >= 11 is 0. The van der Waals surface area contributed by atoms with Gasteiger partial charge in [0.1, 0.15) is 12.7 Å². The Kier molecular flexibility index (Phi) is 3.78. The van der Waals surface area contributed by atoms with Crippen LogP contribution in [0.1, 0.15) is 13.3 Å². The molecule has 8 nitrogen and oxygen atoms in total. The first-order valence-electron chi connectivity index (χ1n) is 7.10. The molecule has 0 saturated carbocycles. The molecule has 0 aromatic rings. The lowest BCUT2D eigenvalue weighted by Gasteiger charge is -2.22. The fraction of sp³-hybridized carbons (Fsp3) is 0.643. The highest BCUT2D eigenvalue weighted by Gasteiger charge is 2.65. The van der Waals surface area contributed by atoms with E-state index in [2.05, 4.69) is 11.9 Å². The van der Waals surface area contributed by atoms with E-state index in [4.69, 9.17) is 18.9 Å². The smallest absolute Gasteiger partial charge is 0.407 e. The van der Waals surface area contributed by atoms with Crippen molar-refractivity contribution < 1.29 is 33.3 Å². The van der Waals surface area contributed by atoms with Crippen LogP contribution in [0.5, 0.6) is 0 Å². The average Bonchev–Trinajstić information content (AvgIpc) is 3.08. The summed E-state index contributed by atoms with van der Waals surface area (Å²) in [5.41, 5.74) is 0.291. The van der Waals surface area contributed by atoms with Crippen molar-refractivity contribution in [3.8, 4) is 0 Å². The second-order valence-electron chi connectivity index (χ2n) is 5.60. The number of rotatable bonds is 5. The summed E-state index contributed by atoms with van der Waals surface area (Å²) < 4.78 is 20.9. The number of fused-ring (bicyclic) bond motifs is 1. The summed E-state index contributed by atoms with van der Waals surface area (Å²) in [6.45, 7) is 5.12. The van der Waals surface area contributed by atoms with Gasteiger partial charge >= 0.3 is 18.0 Å². The van der Waals surface area contributed by atoms with Gasteiger partial charge in [0.2, 0.25) is 0 Å². The standard InChI is InChI=1S/C14H17NO7/c1-6(2)12(16)19-4-3-15-14(18)22-10-8-5-7-9(20-8)11(10)21-13(7)17/h7-11H,1,3-5H2,2H3,(H,15,18). The van der Waals surface area contributed by atoms with Gasteiger partial charge in [-0.25, -0.2) is 9.59 Å². The molecule has 3 aliphatic rings. The Morgan fingerprint density at radius 3 is 2.91 bits per heavy atom. The number of carbonyl (C=O) groups is 3. The lowest BCUT2D eigenvalue weighted by molar-refractivity contribution is -0.145. The highest BCUT2D eigenvalue weighted by molar-refractivity contribution is 5.86. The number of esters is 2. The van der Waals surface area contributed by atoms with E-state index in [0.717, 1.165) is 0 Å². The number of hydrogen-bond donors (Lipinski definition) is 1. The van der Waals surface area contributed by atoms with Crippen molar-refractivity contribution in [3.63, 3.8) is 0 Å². The molecular weight excluding hydrogens is 294 g/mol. The monoisotopic (exact) mass is 311 g/mol. The van der Waals surface area contributed by atoms with Crippen LogP contribution >= 0.6 is 0 Å². The van der Waals surface area contributed by atoms with Crippen molar-refractivity contribution in [2.45, 2.75) is 37.8 Å². The fourth-order valence-electron chi connectivity index (χ4n) is 2.97. The van der Waals surface area contributed by atoms with Gasteiger partial charge in [0.15, 0.2) is 12.2 Å². The van der Waals surface area contributed by atoms with E-state index in [-0.39, 0.29) is 37.2 Å². The Labute approximate surface area is 126 Å². The molecule has 2 bridgehead atoms. The second-order valence-corrected chi connectivity index (χ2v) is 5.60. The Morgan fingerprint density at radius 2 is 2.18 bits per heavy atom. The molecule has 5 unspecified atom stereocenters. The zero-order valence-electron chi connectivity index (χ0n) is 12.1. The van der Waals surface area contributed by atoms with Gasteiger partial charge in [0.25, 0.3) is 0 Å². The Balaban J connectivity index is 1.41.